The van der Waals surface area contributed by atoms with E-state index in [4.69, 9.17) is 8.83 Å². The van der Waals surface area contributed by atoms with Gasteiger partial charge in [-0.15, -0.1) is 20.4 Å². The third-order valence-corrected chi connectivity index (χ3v) is 5.69. The molecule has 30 heavy (non-hydrogen) atoms. The van der Waals surface area contributed by atoms with Gasteiger partial charge in [-0.1, -0.05) is 62.4 Å². The highest BCUT2D eigenvalue weighted by Gasteiger charge is 2.20. The minimum absolute atomic E-state index is 0.103. The van der Waals surface area contributed by atoms with Gasteiger partial charge >= 0.3 is 0 Å². The van der Waals surface area contributed by atoms with Crippen molar-refractivity contribution in [2.24, 2.45) is 0 Å². The molecule has 0 radical (unpaired) electrons. The summed E-state index contributed by atoms with van der Waals surface area (Å²) in [5.41, 5.74) is 4.34. The van der Waals surface area contributed by atoms with Crippen molar-refractivity contribution in [2.45, 2.75) is 50.5 Å². The lowest BCUT2D eigenvalue weighted by Gasteiger charge is -2.18. The molecular weight excluding hydrogens is 396 g/mol. The maximum atomic E-state index is 5.85. The first kappa shape index (κ1) is 20.3. The van der Waals surface area contributed by atoms with Crippen molar-refractivity contribution in [1.82, 2.24) is 20.4 Å². The van der Waals surface area contributed by atoms with E-state index in [9.17, 15) is 0 Å². The monoisotopic (exact) mass is 420 g/mol. The molecule has 0 bridgehead atoms. The van der Waals surface area contributed by atoms with Crippen LogP contribution in [0.5, 0.6) is 0 Å². The number of hydrogen-bond donors (Lipinski definition) is 0. The molecule has 4 aromatic rings. The number of aryl methyl sites for hydroxylation is 1. The topological polar surface area (TPSA) is 77.8 Å². The average Bonchev–Trinajstić information content (AvgIpc) is 3.38. The molecule has 7 heteroatoms. The Hall–Kier alpha value is -2.93. The number of benzene rings is 2. The summed E-state index contributed by atoms with van der Waals surface area (Å²) in [5.74, 6) is 1.52. The van der Waals surface area contributed by atoms with Gasteiger partial charge in [-0.2, -0.15) is 0 Å². The molecule has 4 rings (SSSR count). The fourth-order valence-corrected chi connectivity index (χ4v) is 3.61. The highest BCUT2D eigenvalue weighted by molar-refractivity contribution is 7.99. The highest BCUT2D eigenvalue weighted by Crippen LogP contribution is 2.35. The number of thioether (sulfide) groups is 1. The van der Waals surface area contributed by atoms with E-state index in [1.165, 1.54) is 22.9 Å². The predicted octanol–water partition coefficient (Wildman–Crippen LogP) is 6.25. The van der Waals surface area contributed by atoms with E-state index in [0.717, 1.165) is 11.1 Å². The Kier molecular flexibility index (Phi) is 5.47. The summed E-state index contributed by atoms with van der Waals surface area (Å²) in [6.45, 7) is 10.6. The molecule has 0 saturated heterocycles. The second kappa shape index (κ2) is 8.07. The molecule has 0 fully saturated rings. The molecule has 2 heterocycles. The van der Waals surface area contributed by atoms with Crippen molar-refractivity contribution in [3.8, 4) is 22.9 Å². The molecule has 0 N–H and O–H groups in total. The van der Waals surface area contributed by atoms with Gasteiger partial charge in [0.25, 0.3) is 5.22 Å². The fraction of sp³-hybridized carbons (Fsp3) is 0.304. The Bertz CT molecular complexity index is 1130. The lowest BCUT2D eigenvalue weighted by molar-refractivity contribution is 0.461. The van der Waals surface area contributed by atoms with Crippen LogP contribution in [0.3, 0.4) is 0 Å². The molecular formula is C23H24N4O2S. The van der Waals surface area contributed by atoms with Crippen molar-refractivity contribution >= 4 is 11.8 Å². The quantitative estimate of drug-likeness (QED) is 0.353. The Morgan fingerprint density at radius 3 is 1.97 bits per heavy atom. The SMILES string of the molecule is Cc1ccc(-c2nnc([C@H](C)Sc3nnc(-c4ccc(C(C)(C)C)cc4)o3)o2)cc1. The smallest absolute Gasteiger partial charge is 0.277 e. The first-order chi connectivity index (χ1) is 14.3. The van der Waals surface area contributed by atoms with E-state index in [2.05, 4.69) is 53.3 Å². The maximum Gasteiger partial charge on any atom is 0.277 e. The third kappa shape index (κ3) is 4.46. The highest BCUT2D eigenvalue weighted by atomic mass is 32.2. The normalized spacial score (nSPS) is 12.8. The lowest BCUT2D eigenvalue weighted by atomic mass is 9.87. The summed E-state index contributed by atoms with van der Waals surface area (Å²) in [7, 11) is 0. The van der Waals surface area contributed by atoms with Crippen LogP contribution in [0, 0.1) is 6.92 Å². The van der Waals surface area contributed by atoms with Crippen molar-refractivity contribution < 1.29 is 8.83 Å². The van der Waals surface area contributed by atoms with Gasteiger partial charge < -0.3 is 8.83 Å². The molecule has 0 spiro atoms. The van der Waals surface area contributed by atoms with Crippen LogP contribution in [0.1, 0.15) is 50.0 Å². The van der Waals surface area contributed by atoms with Crippen LogP contribution in [0.15, 0.2) is 62.6 Å². The van der Waals surface area contributed by atoms with Crippen molar-refractivity contribution in [2.75, 3.05) is 0 Å². The summed E-state index contributed by atoms with van der Waals surface area (Å²) < 4.78 is 11.7. The van der Waals surface area contributed by atoms with Crippen LogP contribution in [0.25, 0.3) is 22.9 Å². The van der Waals surface area contributed by atoms with Gasteiger partial charge in [0, 0.05) is 11.1 Å². The molecule has 6 nitrogen and oxygen atoms in total. The number of rotatable bonds is 5. The van der Waals surface area contributed by atoms with Gasteiger partial charge in [-0.25, -0.2) is 0 Å². The molecule has 0 aliphatic heterocycles. The van der Waals surface area contributed by atoms with E-state index in [1.807, 2.05) is 50.2 Å². The third-order valence-electron chi connectivity index (χ3n) is 4.77. The van der Waals surface area contributed by atoms with Gasteiger partial charge in [0.1, 0.15) is 0 Å². The zero-order valence-electron chi connectivity index (χ0n) is 17.7. The summed E-state index contributed by atoms with van der Waals surface area (Å²) in [5, 5.41) is 17.0. The van der Waals surface area contributed by atoms with Crippen molar-refractivity contribution in [3.05, 3.63) is 65.5 Å². The molecule has 154 valence electrons. The number of nitrogens with zero attached hydrogens (tertiary/aromatic N) is 4. The first-order valence-corrected chi connectivity index (χ1v) is 10.7. The van der Waals surface area contributed by atoms with E-state index < -0.39 is 0 Å². The number of hydrogen-bond acceptors (Lipinski definition) is 7. The Morgan fingerprint density at radius 2 is 1.33 bits per heavy atom. The van der Waals surface area contributed by atoms with E-state index in [0.29, 0.717) is 22.9 Å². The van der Waals surface area contributed by atoms with E-state index in [1.54, 1.807) is 0 Å². The van der Waals surface area contributed by atoms with Crippen LogP contribution in [0.4, 0.5) is 0 Å². The second-order valence-corrected chi connectivity index (χ2v) is 9.56. The predicted molar refractivity (Wildman–Crippen MR) is 117 cm³/mol. The standard InChI is InChI=1S/C23H24N4O2S/c1-14-6-8-16(9-7-14)20-25-24-19(28-20)15(2)30-22-27-26-21(29-22)17-10-12-18(13-11-17)23(3,4)5/h6-13,15H,1-5H3/t15-/m0/s1. The van der Waals surface area contributed by atoms with Crippen molar-refractivity contribution in [1.29, 1.82) is 0 Å². The first-order valence-electron chi connectivity index (χ1n) is 9.81. The molecule has 2 aromatic carbocycles. The Balaban J connectivity index is 1.45. The molecule has 1 atom stereocenters. The van der Waals surface area contributed by atoms with Gasteiger partial charge in [0.2, 0.25) is 17.7 Å². The molecule has 0 amide bonds. The molecule has 0 saturated carbocycles. The van der Waals surface area contributed by atoms with Crippen LogP contribution in [-0.2, 0) is 5.41 Å². The number of aromatic nitrogens is 4. The van der Waals surface area contributed by atoms with Gasteiger partial charge in [-0.3, -0.25) is 0 Å². The van der Waals surface area contributed by atoms with Crippen LogP contribution < -0.4 is 0 Å². The van der Waals surface area contributed by atoms with Gasteiger partial charge in [0.05, 0.1) is 5.25 Å². The molecule has 2 aromatic heterocycles. The van der Waals surface area contributed by atoms with Gasteiger partial charge in [0.15, 0.2) is 0 Å². The largest absolute Gasteiger partial charge is 0.419 e. The minimum Gasteiger partial charge on any atom is -0.419 e. The lowest BCUT2D eigenvalue weighted by Crippen LogP contribution is -2.10. The van der Waals surface area contributed by atoms with E-state index in [-0.39, 0.29) is 10.7 Å². The zero-order valence-corrected chi connectivity index (χ0v) is 18.5. The molecule has 0 aliphatic rings. The zero-order chi connectivity index (χ0) is 21.3. The second-order valence-electron chi connectivity index (χ2n) is 8.27. The minimum atomic E-state index is -0.117. The van der Waals surface area contributed by atoms with Crippen molar-refractivity contribution in [3.63, 3.8) is 0 Å². The van der Waals surface area contributed by atoms with Crippen LogP contribution in [-0.4, -0.2) is 20.4 Å². The summed E-state index contributed by atoms with van der Waals surface area (Å²) in [4.78, 5) is 0. The molecule has 0 unspecified atom stereocenters. The Labute approximate surface area is 180 Å². The summed E-state index contributed by atoms with van der Waals surface area (Å²) >= 11 is 1.39. The maximum absolute atomic E-state index is 5.85. The van der Waals surface area contributed by atoms with Crippen LogP contribution in [0.2, 0.25) is 0 Å². The average molecular weight is 421 g/mol. The Morgan fingerprint density at radius 1 is 0.767 bits per heavy atom. The fourth-order valence-electron chi connectivity index (χ4n) is 2.90. The van der Waals surface area contributed by atoms with E-state index >= 15 is 0 Å². The molecule has 0 aliphatic carbocycles. The summed E-state index contributed by atoms with van der Waals surface area (Å²) in [6.07, 6.45) is 0. The summed E-state index contributed by atoms with van der Waals surface area (Å²) in [6, 6.07) is 16.2. The van der Waals surface area contributed by atoms with Crippen LogP contribution >= 0.6 is 11.8 Å². The van der Waals surface area contributed by atoms with Gasteiger partial charge in [-0.05, 0) is 49.1 Å².